The quantitative estimate of drug-likeness (QED) is 0.596. The molecular weight excluding hydrogens is 220 g/mol. The predicted octanol–water partition coefficient (Wildman–Crippen LogP) is -0.906. The molecule has 0 aromatic heterocycles. The van der Waals surface area contributed by atoms with Crippen molar-refractivity contribution in [3.05, 3.63) is 42.5 Å². The maximum Gasteiger partial charge on any atom is 1.00 e. The molecule has 1 aromatic rings. The Labute approximate surface area is 123 Å². The Morgan fingerprint density at radius 2 is 1.67 bits per heavy atom. The Morgan fingerprint density at radius 1 is 1.17 bits per heavy atom. The van der Waals surface area contributed by atoms with Crippen LogP contribution >= 0.6 is 0 Å². The van der Waals surface area contributed by atoms with Crippen LogP contribution in [0.2, 0.25) is 0 Å². The standard InChI is InChI=1S/C10H12N.Rb/c1-4-9-5-7-10(8-6-9)11(2)3;/h5-8H,1H2,2-3H3;/q-1;+1. The Morgan fingerprint density at radius 3 is 2.00 bits per heavy atom. The molecule has 0 bridgehead atoms. The molecule has 1 rings (SSSR count). The molecule has 0 unspecified atom stereocenters. The van der Waals surface area contributed by atoms with Crippen LogP contribution in [0.5, 0.6) is 0 Å². The molecule has 1 nitrogen and oxygen atoms in total. The summed E-state index contributed by atoms with van der Waals surface area (Å²) in [5.74, 6) is 0. The average Bonchev–Trinajstić information content (AvgIpc) is 2.05. The van der Waals surface area contributed by atoms with Gasteiger partial charge in [0, 0.05) is 19.8 Å². The van der Waals surface area contributed by atoms with E-state index in [4.69, 9.17) is 0 Å². The molecule has 1 aromatic carbocycles. The van der Waals surface area contributed by atoms with E-state index in [1.54, 1.807) is 0 Å². The minimum absolute atomic E-state index is 0. The van der Waals surface area contributed by atoms with Gasteiger partial charge in [-0.25, -0.2) is 0 Å². The van der Waals surface area contributed by atoms with Crippen molar-refractivity contribution in [1.29, 1.82) is 0 Å². The summed E-state index contributed by atoms with van der Waals surface area (Å²) in [6, 6.07) is 8.10. The van der Waals surface area contributed by atoms with Crippen LogP contribution in [0, 0.1) is 6.08 Å². The van der Waals surface area contributed by atoms with Crippen molar-refractivity contribution in [2.45, 2.75) is 0 Å². The number of rotatable bonds is 2. The van der Waals surface area contributed by atoms with Gasteiger partial charge in [0.15, 0.2) is 0 Å². The molecule has 0 N–H and O–H groups in total. The van der Waals surface area contributed by atoms with Gasteiger partial charge >= 0.3 is 58.2 Å². The first kappa shape index (κ1) is 12.6. The van der Waals surface area contributed by atoms with Gasteiger partial charge in [0.2, 0.25) is 0 Å². The third kappa shape index (κ3) is 3.52. The van der Waals surface area contributed by atoms with Gasteiger partial charge in [-0.1, -0.05) is 12.1 Å². The van der Waals surface area contributed by atoms with Gasteiger partial charge in [0.1, 0.15) is 0 Å². The van der Waals surface area contributed by atoms with Crippen LogP contribution in [-0.2, 0) is 0 Å². The SMILES string of the molecule is C=[C-]c1ccc(N(C)C)cc1.[Rb+]. The fourth-order valence-corrected chi connectivity index (χ4v) is 0.877. The van der Waals surface area contributed by atoms with Crippen LogP contribution in [0.3, 0.4) is 0 Å². The maximum atomic E-state index is 3.57. The summed E-state index contributed by atoms with van der Waals surface area (Å²) in [6.07, 6.45) is 2.82. The third-order valence-corrected chi connectivity index (χ3v) is 1.59. The molecule has 0 atom stereocenters. The van der Waals surface area contributed by atoms with Crippen molar-refractivity contribution in [2.75, 3.05) is 19.0 Å². The molecule has 2 heteroatoms. The summed E-state index contributed by atoms with van der Waals surface area (Å²) in [6.45, 7) is 3.57. The molecular formula is C10H12NRb. The summed E-state index contributed by atoms with van der Waals surface area (Å²) in [5, 5.41) is 0. The van der Waals surface area contributed by atoms with Crippen LogP contribution in [0.1, 0.15) is 5.56 Å². The van der Waals surface area contributed by atoms with Crippen molar-refractivity contribution in [1.82, 2.24) is 0 Å². The molecule has 0 aliphatic carbocycles. The molecule has 0 saturated carbocycles. The minimum atomic E-state index is 0. The van der Waals surface area contributed by atoms with Gasteiger partial charge in [-0.15, -0.1) is 0 Å². The zero-order valence-electron chi connectivity index (χ0n) is 7.96. The largest absolute Gasteiger partial charge is 1.00 e. The molecule has 0 amide bonds. The summed E-state index contributed by atoms with van der Waals surface area (Å²) in [7, 11) is 4.04. The van der Waals surface area contributed by atoms with Crippen molar-refractivity contribution < 1.29 is 58.2 Å². The first-order chi connectivity index (χ1) is 5.24. The zero-order chi connectivity index (χ0) is 8.27. The monoisotopic (exact) mass is 231 g/mol. The molecule has 0 aliphatic heterocycles. The van der Waals surface area contributed by atoms with Gasteiger partial charge in [0.05, 0.1) is 0 Å². The van der Waals surface area contributed by atoms with Crippen molar-refractivity contribution in [3.8, 4) is 0 Å². The van der Waals surface area contributed by atoms with Crippen LogP contribution in [-0.4, -0.2) is 14.1 Å². The molecule has 0 fully saturated rings. The first-order valence-corrected chi connectivity index (χ1v) is 3.54. The minimum Gasteiger partial charge on any atom is -0.379 e. The Balaban J connectivity index is 0.00000121. The normalized spacial score (nSPS) is 8.50. The van der Waals surface area contributed by atoms with Crippen molar-refractivity contribution in [3.63, 3.8) is 0 Å². The smallest absolute Gasteiger partial charge is 0.379 e. The first-order valence-electron chi connectivity index (χ1n) is 3.54. The second kappa shape index (κ2) is 6.09. The van der Waals surface area contributed by atoms with Crippen LogP contribution in [0.25, 0.3) is 0 Å². The van der Waals surface area contributed by atoms with Crippen molar-refractivity contribution >= 4 is 5.69 Å². The van der Waals surface area contributed by atoms with Crippen LogP contribution < -0.4 is 63.1 Å². The van der Waals surface area contributed by atoms with E-state index in [0.717, 1.165) is 5.56 Å². The van der Waals surface area contributed by atoms with E-state index in [2.05, 4.69) is 17.6 Å². The molecule has 0 aliphatic rings. The van der Waals surface area contributed by atoms with E-state index in [1.165, 1.54) is 5.69 Å². The summed E-state index contributed by atoms with van der Waals surface area (Å²) < 4.78 is 0. The number of hydrogen-bond acceptors (Lipinski definition) is 1. The summed E-state index contributed by atoms with van der Waals surface area (Å²) >= 11 is 0. The van der Waals surface area contributed by atoms with Crippen LogP contribution in [0.4, 0.5) is 5.69 Å². The third-order valence-electron chi connectivity index (χ3n) is 1.59. The Kier molecular flexibility index (Phi) is 6.37. The average molecular weight is 232 g/mol. The number of benzene rings is 1. The van der Waals surface area contributed by atoms with Crippen molar-refractivity contribution in [2.24, 2.45) is 0 Å². The molecule has 0 saturated heterocycles. The van der Waals surface area contributed by atoms with Gasteiger partial charge in [-0.3, -0.25) is 0 Å². The Hall–Kier alpha value is 0.565. The zero-order valence-corrected chi connectivity index (χ0v) is 12.9. The van der Waals surface area contributed by atoms with Gasteiger partial charge in [-0.2, -0.15) is 30.4 Å². The van der Waals surface area contributed by atoms with E-state index in [9.17, 15) is 0 Å². The van der Waals surface area contributed by atoms with E-state index < -0.39 is 0 Å². The van der Waals surface area contributed by atoms with E-state index >= 15 is 0 Å². The second-order valence-corrected chi connectivity index (χ2v) is 2.62. The fourth-order valence-electron chi connectivity index (χ4n) is 0.877. The second-order valence-electron chi connectivity index (χ2n) is 2.62. The maximum absolute atomic E-state index is 3.57. The molecule has 0 spiro atoms. The summed E-state index contributed by atoms with van der Waals surface area (Å²) in [5.41, 5.74) is 2.24. The fraction of sp³-hybridized carbons (Fsp3) is 0.200. The molecule has 0 heterocycles. The number of anilines is 1. The van der Waals surface area contributed by atoms with Gasteiger partial charge in [-0.05, 0) is 0 Å². The molecule has 58 valence electrons. The van der Waals surface area contributed by atoms with E-state index in [1.807, 2.05) is 38.4 Å². The van der Waals surface area contributed by atoms with E-state index in [0.29, 0.717) is 0 Å². The summed E-state index contributed by atoms with van der Waals surface area (Å²) in [4.78, 5) is 2.06. The van der Waals surface area contributed by atoms with Gasteiger partial charge < -0.3 is 4.90 Å². The number of hydrogen-bond donors (Lipinski definition) is 0. The van der Waals surface area contributed by atoms with Crippen LogP contribution in [0.15, 0.2) is 30.8 Å². The molecule has 12 heavy (non-hydrogen) atoms. The number of nitrogens with zero attached hydrogens (tertiary/aromatic N) is 1. The van der Waals surface area contributed by atoms with Gasteiger partial charge in [0.25, 0.3) is 0 Å². The van der Waals surface area contributed by atoms with E-state index in [-0.39, 0.29) is 58.2 Å². The Bertz CT molecular complexity index is 239. The molecule has 0 radical (unpaired) electrons. The predicted molar refractivity (Wildman–Crippen MR) is 48.7 cm³/mol. The topological polar surface area (TPSA) is 3.24 Å².